The average molecular weight is 448 g/mol. The summed E-state index contributed by atoms with van der Waals surface area (Å²) in [5, 5.41) is 0. The summed E-state index contributed by atoms with van der Waals surface area (Å²) in [5.41, 5.74) is 1.09. The first-order chi connectivity index (χ1) is 16.0. The maximum Gasteiger partial charge on any atom is 0.343 e. The van der Waals surface area contributed by atoms with Crippen LogP contribution in [0.4, 0.5) is 0 Å². The molecule has 0 heterocycles. The molecule has 0 aliphatic rings. The van der Waals surface area contributed by atoms with Crippen LogP contribution < -0.4 is 23.7 Å². The van der Waals surface area contributed by atoms with Gasteiger partial charge < -0.3 is 23.7 Å². The number of para-hydroxylation sites is 1. The summed E-state index contributed by atoms with van der Waals surface area (Å²) in [4.78, 5) is 25.8. The Hall–Kier alpha value is -4.26. The molecule has 0 amide bonds. The number of rotatable bonds is 9. The van der Waals surface area contributed by atoms with Gasteiger partial charge in [0.1, 0.15) is 22.8 Å². The van der Waals surface area contributed by atoms with Crippen molar-refractivity contribution in [1.29, 1.82) is 0 Å². The molecule has 0 radical (unpaired) electrons. The van der Waals surface area contributed by atoms with Crippen LogP contribution in [0.5, 0.6) is 28.7 Å². The van der Waals surface area contributed by atoms with E-state index in [4.69, 9.17) is 23.7 Å². The SMILES string of the molecule is COc1ccc(C(=O)Oc2cccc(OC)c2C(=O)/C=C/c2cccc(OC)c2OC)cc1. The molecule has 0 spiro atoms. The Kier molecular flexibility index (Phi) is 7.70. The van der Waals surface area contributed by atoms with E-state index >= 15 is 0 Å². The lowest BCUT2D eigenvalue weighted by Gasteiger charge is -2.12. The molecule has 0 aliphatic carbocycles. The Morgan fingerprint density at radius 3 is 1.97 bits per heavy atom. The van der Waals surface area contributed by atoms with Crippen molar-refractivity contribution in [2.45, 2.75) is 0 Å². The maximum atomic E-state index is 13.1. The normalized spacial score (nSPS) is 10.5. The lowest BCUT2D eigenvalue weighted by molar-refractivity contribution is 0.0732. The Labute approximate surface area is 192 Å². The first kappa shape index (κ1) is 23.4. The standard InChI is InChI=1S/C26H24O7/c1-29-19-14-11-18(12-15-19)26(28)33-22-9-6-8-21(30-2)24(22)20(27)16-13-17-7-5-10-23(31-3)25(17)32-4/h5-16H,1-4H3/b16-13+. The fourth-order valence-electron chi connectivity index (χ4n) is 3.19. The fraction of sp³-hybridized carbons (Fsp3) is 0.154. The number of ketones is 1. The van der Waals surface area contributed by atoms with Crippen LogP contribution in [0.15, 0.2) is 66.7 Å². The van der Waals surface area contributed by atoms with Crippen LogP contribution in [0.25, 0.3) is 6.08 Å². The number of carbonyl (C=O) groups excluding carboxylic acids is 2. The van der Waals surface area contributed by atoms with Crippen LogP contribution >= 0.6 is 0 Å². The Morgan fingerprint density at radius 2 is 1.33 bits per heavy atom. The van der Waals surface area contributed by atoms with Crippen molar-refractivity contribution in [3.05, 3.63) is 83.4 Å². The quantitative estimate of drug-likeness (QED) is 0.201. The van der Waals surface area contributed by atoms with E-state index in [1.54, 1.807) is 60.7 Å². The van der Waals surface area contributed by atoms with Crippen molar-refractivity contribution in [1.82, 2.24) is 0 Å². The molecular weight excluding hydrogens is 424 g/mol. The number of hydrogen-bond donors (Lipinski definition) is 0. The van der Waals surface area contributed by atoms with Gasteiger partial charge in [-0.25, -0.2) is 4.79 Å². The van der Waals surface area contributed by atoms with Crippen LogP contribution in [0.2, 0.25) is 0 Å². The predicted octanol–water partition coefficient (Wildman–Crippen LogP) is 4.84. The van der Waals surface area contributed by atoms with E-state index in [1.807, 2.05) is 0 Å². The molecule has 0 unspecified atom stereocenters. The third-order valence-corrected chi connectivity index (χ3v) is 4.83. The second kappa shape index (κ2) is 10.9. The van der Waals surface area contributed by atoms with E-state index in [-0.39, 0.29) is 17.1 Å². The van der Waals surface area contributed by atoms with Crippen LogP contribution in [-0.4, -0.2) is 40.2 Å². The summed E-state index contributed by atoms with van der Waals surface area (Å²) >= 11 is 0. The molecule has 0 aliphatic heterocycles. The molecule has 3 aromatic rings. The third-order valence-electron chi connectivity index (χ3n) is 4.83. The number of hydrogen-bond acceptors (Lipinski definition) is 7. The third kappa shape index (κ3) is 5.33. The van der Waals surface area contributed by atoms with Gasteiger partial charge in [-0.05, 0) is 54.6 Å². The summed E-state index contributed by atoms with van der Waals surface area (Å²) < 4.78 is 26.7. The average Bonchev–Trinajstić information content (AvgIpc) is 2.86. The molecule has 7 heteroatoms. The lowest BCUT2D eigenvalue weighted by Crippen LogP contribution is -2.12. The first-order valence-corrected chi connectivity index (χ1v) is 9.99. The van der Waals surface area contributed by atoms with Crippen molar-refractivity contribution in [3.8, 4) is 28.7 Å². The molecule has 170 valence electrons. The minimum atomic E-state index is -0.613. The highest BCUT2D eigenvalue weighted by Crippen LogP contribution is 2.33. The van der Waals surface area contributed by atoms with Gasteiger partial charge in [0, 0.05) is 5.56 Å². The molecule has 0 N–H and O–H groups in total. The molecule has 0 bridgehead atoms. The van der Waals surface area contributed by atoms with Gasteiger partial charge in [0.2, 0.25) is 0 Å². The number of esters is 1. The fourth-order valence-corrected chi connectivity index (χ4v) is 3.19. The summed E-state index contributed by atoms with van der Waals surface area (Å²) in [6.07, 6.45) is 2.96. The maximum absolute atomic E-state index is 13.1. The van der Waals surface area contributed by atoms with Crippen molar-refractivity contribution in [2.24, 2.45) is 0 Å². The van der Waals surface area contributed by atoms with Crippen LogP contribution in [0, 0.1) is 0 Å². The number of ether oxygens (including phenoxy) is 5. The lowest BCUT2D eigenvalue weighted by atomic mass is 10.1. The van der Waals surface area contributed by atoms with E-state index in [1.165, 1.54) is 40.6 Å². The molecule has 3 rings (SSSR count). The Balaban J connectivity index is 1.92. The summed E-state index contributed by atoms with van der Waals surface area (Å²) in [6, 6.07) is 16.6. The molecule has 0 fully saturated rings. The predicted molar refractivity (Wildman–Crippen MR) is 124 cm³/mol. The zero-order chi connectivity index (χ0) is 23.8. The molecule has 3 aromatic carbocycles. The van der Waals surface area contributed by atoms with Crippen molar-refractivity contribution < 1.29 is 33.3 Å². The summed E-state index contributed by atoms with van der Waals surface area (Å²) in [6.45, 7) is 0. The monoisotopic (exact) mass is 448 g/mol. The van der Waals surface area contributed by atoms with Crippen LogP contribution in [0.1, 0.15) is 26.3 Å². The van der Waals surface area contributed by atoms with Crippen molar-refractivity contribution in [3.63, 3.8) is 0 Å². The summed E-state index contributed by atoms with van der Waals surface area (Å²) in [7, 11) is 6.04. The second-order valence-electron chi connectivity index (χ2n) is 6.73. The van der Waals surface area contributed by atoms with Gasteiger partial charge in [0.25, 0.3) is 0 Å². The molecule has 0 saturated carbocycles. The highest BCUT2D eigenvalue weighted by atomic mass is 16.5. The molecule has 0 atom stereocenters. The van der Waals surface area contributed by atoms with Crippen LogP contribution in [-0.2, 0) is 0 Å². The smallest absolute Gasteiger partial charge is 0.343 e. The van der Waals surface area contributed by atoms with Gasteiger partial charge in [-0.3, -0.25) is 4.79 Å². The first-order valence-electron chi connectivity index (χ1n) is 9.99. The number of carbonyl (C=O) groups is 2. The van der Waals surface area contributed by atoms with Gasteiger partial charge >= 0.3 is 5.97 Å². The molecule has 0 aromatic heterocycles. The van der Waals surface area contributed by atoms with Crippen molar-refractivity contribution >= 4 is 17.8 Å². The highest BCUT2D eigenvalue weighted by molar-refractivity contribution is 6.11. The molecule has 33 heavy (non-hydrogen) atoms. The topological polar surface area (TPSA) is 80.3 Å². The van der Waals surface area contributed by atoms with Gasteiger partial charge in [-0.15, -0.1) is 0 Å². The van der Waals surface area contributed by atoms with Gasteiger partial charge in [0.05, 0.1) is 34.0 Å². The number of methoxy groups -OCH3 is 4. The Bertz CT molecular complexity index is 1160. The summed E-state index contributed by atoms with van der Waals surface area (Å²) in [5.74, 6) is 0.994. The van der Waals surface area contributed by atoms with Crippen molar-refractivity contribution in [2.75, 3.05) is 28.4 Å². The van der Waals surface area contributed by atoms with E-state index in [0.29, 0.717) is 28.4 Å². The Morgan fingerprint density at radius 1 is 0.697 bits per heavy atom. The largest absolute Gasteiger partial charge is 0.497 e. The highest BCUT2D eigenvalue weighted by Gasteiger charge is 2.20. The van der Waals surface area contributed by atoms with Gasteiger partial charge in [-0.2, -0.15) is 0 Å². The zero-order valence-corrected chi connectivity index (χ0v) is 18.8. The minimum Gasteiger partial charge on any atom is -0.497 e. The number of allylic oxidation sites excluding steroid dienone is 1. The van der Waals surface area contributed by atoms with Gasteiger partial charge in [-0.1, -0.05) is 18.2 Å². The van der Waals surface area contributed by atoms with Gasteiger partial charge in [0.15, 0.2) is 17.3 Å². The van der Waals surface area contributed by atoms with E-state index in [9.17, 15) is 9.59 Å². The van der Waals surface area contributed by atoms with Crippen LogP contribution in [0.3, 0.4) is 0 Å². The van der Waals surface area contributed by atoms with E-state index < -0.39 is 11.8 Å². The number of benzene rings is 3. The second-order valence-corrected chi connectivity index (χ2v) is 6.73. The zero-order valence-electron chi connectivity index (χ0n) is 18.8. The van der Waals surface area contributed by atoms with E-state index in [0.717, 1.165) is 0 Å². The minimum absolute atomic E-state index is 0.0856. The molecule has 7 nitrogen and oxygen atoms in total. The molecular formula is C26H24O7. The van der Waals surface area contributed by atoms with E-state index in [2.05, 4.69) is 0 Å². The molecule has 0 saturated heterocycles.